The van der Waals surface area contributed by atoms with E-state index in [0.29, 0.717) is 34.5 Å². The first kappa shape index (κ1) is 28.7. The lowest BCUT2D eigenvalue weighted by molar-refractivity contribution is -0.138. The lowest BCUT2D eigenvalue weighted by Crippen LogP contribution is -2.35. The summed E-state index contributed by atoms with van der Waals surface area (Å²) in [6.07, 6.45) is -1.63. The zero-order valence-electron chi connectivity index (χ0n) is 21.0. The van der Waals surface area contributed by atoms with Gasteiger partial charge in [0.2, 0.25) is 5.91 Å². The van der Waals surface area contributed by atoms with Gasteiger partial charge >= 0.3 is 0 Å². The lowest BCUT2D eigenvalue weighted by Gasteiger charge is -2.16. The number of amides is 1. The molecule has 4 aromatic rings. The molecule has 6 rings (SSSR count). The number of carbonyl (C=O) groups excluding carboxylic acids is 2. The fourth-order valence-corrected chi connectivity index (χ4v) is 4.80. The third-order valence-electron chi connectivity index (χ3n) is 6.66. The van der Waals surface area contributed by atoms with E-state index in [-0.39, 0.29) is 38.5 Å². The number of fused-ring (bicyclic) bond motifs is 2. The maximum atomic E-state index is 15.0. The molecular weight excluding hydrogens is 519 g/mol. The van der Waals surface area contributed by atoms with Crippen molar-refractivity contribution in [2.45, 2.75) is 31.8 Å². The molecule has 2 saturated heterocycles. The van der Waals surface area contributed by atoms with Gasteiger partial charge in [-0.3, -0.25) is 9.59 Å². The van der Waals surface area contributed by atoms with Crippen molar-refractivity contribution in [2.24, 2.45) is 11.5 Å². The maximum absolute atomic E-state index is 15.0. The van der Waals surface area contributed by atoms with E-state index < -0.39 is 23.9 Å². The van der Waals surface area contributed by atoms with Gasteiger partial charge in [0.1, 0.15) is 17.9 Å². The maximum Gasteiger partial charge on any atom is 0.293 e. The van der Waals surface area contributed by atoms with Crippen LogP contribution in [-0.2, 0) is 19.0 Å². The standard InChI is InChI=1S/C27H22FN3O6.CH5N.CH4/c28-18-9-19-20(10-23(30-19)37-22-12-35-25-21(36-13-32)11-34-26(22)25)31-24(18)16-5-1-14(2-6-16)15-3-7-17(8-4-15)27(29)33;1-2;/h1-10,13,21-22,25-26,30H,11-12H2,(H2,29,33);2H2,1H3;1H4/t21-,22-,25?,26-;;/m1../s1. The number of ether oxygens (including phenoxy) is 4. The number of nitrogens with zero attached hydrogens (tertiary/aromatic N) is 1. The molecular formula is C29H31FN4O6. The van der Waals surface area contributed by atoms with E-state index in [2.05, 4.69) is 15.7 Å². The first-order valence-electron chi connectivity index (χ1n) is 12.3. The molecule has 10 nitrogen and oxygen atoms in total. The Hall–Kier alpha value is -4.32. The molecule has 2 fully saturated rings. The van der Waals surface area contributed by atoms with Crippen LogP contribution in [-0.4, -0.2) is 67.0 Å². The number of rotatable bonds is 7. The summed E-state index contributed by atoms with van der Waals surface area (Å²) in [4.78, 5) is 29.5. The van der Waals surface area contributed by atoms with Crippen LogP contribution in [0.2, 0.25) is 0 Å². The number of pyridine rings is 1. The van der Waals surface area contributed by atoms with Crippen LogP contribution < -0.4 is 16.2 Å². The van der Waals surface area contributed by atoms with E-state index >= 15 is 4.39 Å². The Morgan fingerprint density at radius 1 is 0.975 bits per heavy atom. The Kier molecular flexibility index (Phi) is 8.78. The van der Waals surface area contributed by atoms with Gasteiger partial charge in [0.25, 0.3) is 6.47 Å². The summed E-state index contributed by atoms with van der Waals surface area (Å²) in [5.41, 5.74) is 13.9. The quantitative estimate of drug-likeness (QED) is 0.296. The highest BCUT2D eigenvalue weighted by Crippen LogP contribution is 2.33. The van der Waals surface area contributed by atoms with E-state index in [1.807, 2.05) is 24.3 Å². The highest BCUT2D eigenvalue weighted by Gasteiger charge is 2.50. The van der Waals surface area contributed by atoms with Gasteiger partial charge in [0.05, 0.1) is 24.2 Å². The van der Waals surface area contributed by atoms with E-state index in [1.165, 1.54) is 13.1 Å². The molecule has 0 aliphatic carbocycles. The summed E-state index contributed by atoms with van der Waals surface area (Å²) in [5, 5.41) is 0. The molecule has 40 heavy (non-hydrogen) atoms. The first-order valence-corrected chi connectivity index (χ1v) is 12.3. The highest BCUT2D eigenvalue weighted by atomic mass is 19.1. The molecule has 2 aliphatic rings. The first-order chi connectivity index (χ1) is 19.0. The minimum absolute atomic E-state index is 0. The number of hydrogen-bond acceptors (Lipinski definition) is 8. The van der Waals surface area contributed by atoms with Crippen LogP contribution in [0.1, 0.15) is 17.8 Å². The van der Waals surface area contributed by atoms with Crippen molar-refractivity contribution in [2.75, 3.05) is 20.3 Å². The highest BCUT2D eigenvalue weighted by molar-refractivity contribution is 5.93. The monoisotopic (exact) mass is 550 g/mol. The molecule has 0 saturated carbocycles. The second-order valence-electron chi connectivity index (χ2n) is 8.93. The third kappa shape index (κ3) is 5.53. The summed E-state index contributed by atoms with van der Waals surface area (Å²) < 4.78 is 37.5. The van der Waals surface area contributed by atoms with Crippen molar-refractivity contribution in [3.63, 3.8) is 0 Å². The fourth-order valence-electron chi connectivity index (χ4n) is 4.80. The summed E-state index contributed by atoms with van der Waals surface area (Å²) >= 11 is 0. The number of primary amides is 1. The van der Waals surface area contributed by atoms with Crippen molar-refractivity contribution in [1.29, 1.82) is 0 Å². The Morgan fingerprint density at radius 3 is 2.17 bits per heavy atom. The molecule has 1 amide bonds. The predicted octanol–water partition coefficient (Wildman–Crippen LogP) is 3.43. The smallest absolute Gasteiger partial charge is 0.293 e. The molecule has 0 radical (unpaired) electrons. The summed E-state index contributed by atoms with van der Waals surface area (Å²) in [6, 6.07) is 17.4. The number of halogens is 1. The van der Waals surface area contributed by atoms with Crippen molar-refractivity contribution < 1.29 is 32.9 Å². The number of nitrogens with one attached hydrogen (secondary N) is 1. The van der Waals surface area contributed by atoms with Crippen LogP contribution in [0.25, 0.3) is 33.4 Å². The van der Waals surface area contributed by atoms with Gasteiger partial charge in [-0.1, -0.05) is 43.8 Å². The van der Waals surface area contributed by atoms with Gasteiger partial charge in [-0.05, 0) is 30.3 Å². The Balaban J connectivity index is 0.00000121. The number of benzene rings is 2. The SMILES string of the molecule is C.CN.NC(=O)c1ccc(-c2ccc(-c3nc4cc(O[C@@H]5COC6[C@H](OC=O)CO[C@@H]65)[nH]c4cc3F)cc2)cc1. The number of H-pyrrole nitrogens is 1. The van der Waals surface area contributed by atoms with Gasteiger partial charge in [-0.15, -0.1) is 0 Å². The second-order valence-corrected chi connectivity index (χ2v) is 8.93. The molecule has 4 atom stereocenters. The van der Waals surface area contributed by atoms with Gasteiger partial charge in [0, 0.05) is 23.3 Å². The summed E-state index contributed by atoms with van der Waals surface area (Å²) in [5.74, 6) is -0.550. The summed E-state index contributed by atoms with van der Waals surface area (Å²) in [7, 11) is 1.50. The van der Waals surface area contributed by atoms with Crippen molar-refractivity contribution in [1.82, 2.24) is 9.97 Å². The zero-order chi connectivity index (χ0) is 27.5. The van der Waals surface area contributed by atoms with E-state index in [0.717, 1.165) is 11.1 Å². The van der Waals surface area contributed by atoms with Crippen LogP contribution in [0, 0.1) is 5.82 Å². The van der Waals surface area contributed by atoms with Crippen LogP contribution in [0.5, 0.6) is 5.88 Å². The normalized spacial score (nSPS) is 21.1. The third-order valence-corrected chi connectivity index (χ3v) is 6.66. The van der Waals surface area contributed by atoms with Crippen LogP contribution in [0.15, 0.2) is 60.7 Å². The predicted molar refractivity (Wildman–Crippen MR) is 147 cm³/mol. The van der Waals surface area contributed by atoms with E-state index in [4.69, 9.17) is 24.7 Å². The Morgan fingerprint density at radius 2 is 1.55 bits per heavy atom. The van der Waals surface area contributed by atoms with Crippen LogP contribution in [0.4, 0.5) is 4.39 Å². The Labute approximate surface area is 230 Å². The molecule has 2 aromatic carbocycles. The number of hydrogen-bond donors (Lipinski definition) is 3. The molecule has 5 N–H and O–H groups in total. The number of aromatic amines is 1. The molecule has 210 valence electrons. The van der Waals surface area contributed by atoms with E-state index in [9.17, 15) is 9.59 Å². The largest absolute Gasteiger partial charge is 0.470 e. The van der Waals surface area contributed by atoms with Crippen molar-refractivity contribution in [3.8, 4) is 28.3 Å². The number of aromatic nitrogens is 2. The number of carbonyl (C=O) groups is 2. The molecule has 2 aromatic heterocycles. The average Bonchev–Trinajstić information content (AvgIpc) is 3.66. The van der Waals surface area contributed by atoms with Crippen LogP contribution >= 0.6 is 0 Å². The van der Waals surface area contributed by atoms with Gasteiger partial charge < -0.3 is 35.4 Å². The average molecular weight is 551 g/mol. The van der Waals surface area contributed by atoms with E-state index in [1.54, 1.807) is 30.3 Å². The number of nitrogens with two attached hydrogens (primary N) is 2. The molecule has 1 unspecified atom stereocenters. The zero-order valence-corrected chi connectivity index (χ0v) is 21.0. The Bertz CT molecular complexity index is 1470. The minimum atomic E-state index is -0.484. The molecule has 2 aliphatic heterocycles. The molecule has 11 heteroatoms. The van der Waals surface area contributed by atoms with Crippen LogP contribution in [0.3, 0.4) is 0 Å². The summed E-state index contributed by atoms with van der Waals surface area (Å²) in [6.45, 7) is 0.905. The van der Waals surface area contributed by atoms with Gasteiger partial charge in [0.15, 0.2) is 23.9 Å². The van der Waals surface area contributed by atoms with Crippen molar-refractivity contribution in [3.05, 3.63) is 72.0 Å². The van der Waals surface area contributed by atoms with Gasteiger partial charge in [-0.25, -0.2) is 9.37 Å². The fraction of sp³-hybridized carbons (Fsp3) is 0.276. The molecule has 0 bridgehead atoms. The molecule has 4 heterocycles. The lowest BCUT2D eigenvalue weighted by atomic mass is 10.0. The minimum Gasteiger partial charge on any atom is -0.470 e. The second kappa shape index (κ2) is 12.2. The van der Waals surface area contributed by atoms with Gasteiger partial charge in [-0.2, -0.15) is 0 Å². The molecule has 0 spiro atoms. The van der Waals surface area contributed by atoms with Crippen molar-refractivity contribution >= 4 is 23.4 Å². The topological polar surface area (TPSA) is 152 Å².